The Labute approximate surface area is 95.1 Å². The van der Waals surface area contributed by atoms with Crippen molar-refractivity contribution < 1.29 is 9.59 Å². The maximum atomic E-state index is 11.8. The number of hydrogen-bond donors (Lipinski definition) is 0. The Morgan fingerprint density at radius 2 is 1.88 bits per heavy atom. The molecule has 16 heavy (non-hydrogen) atoms. The fourth-order valence-corrected chi connectivity index (χ4v) is 2.16. The zero-order valence-electron chi connectivity index (χ0n) is 9.51. The van der Waals surface area contributed by atoms with Crippen LogP contribution in [0.4, 0.5) is 0 Å². The molecule has 1 heterocycles. The second-order valence-corrected chi connectivity index (χ2v) is 4.30. The van der Waals surface area contributed by atoms with Crippen LogP contribution in [0.15, 0.2) is 30.3 Å². The molecule has 0 radical (unpaired) electrons. The third-order valence-electron chi connectivity index (χ3n) is 3.35. The maximum Gasteiger partial charge on any atom is 0.233 e. The van der Waals surface area contributed by atoms with Gasteiger partial charge in [-0.25, -0.2) is 0 Å². The van der Waals surface area contributed by atoms with Crippen LogP contribution in [0.1, 0.15) is 24.8 Å². The van der Waals surface area contributed by atoms with Gasteiger partial charge in [0.15, 0.2) is 0 Å². The molecule has 2 rings (SSSR count). The number of likely N-dealkylation sites (tertiary alicyclic amines) is 1. The van der Waals surface area contributed by atoms with Crippen LogP contribution in [0.2, 0.25) is 0 Å². The smallest absolute Gasteiger partial charge is 0.233 e. The molecule has 1 saturated heterocycles. The molecule has 0 bridgehead atoms. The Kier molecular flexibility index (Phi) is 2.77. The molecule has 0 spiro atoms. The highest BCUT2D eigenvalue weighted by Gasteiger charge is 2.39. The van der Waals surface area contributed by atoms with Crippen LogP contribution < -0.4 is 0 Å². The van der Waals surface area contributed by atoms with Crippen LogP contribution >= 0.6 is 0 Å². The molecule has 0 N–H and O–H groups in total. The lowest BCUT2D eigenvalue weighted by Crippen LogP contribution is -2.27. The Morgan fingerprint density at radius 1 is 1.25 bits per heavy atom. The number of carbonyl (C=O) groups is 2. The third kappa shape index (κ3) is 1.73. The molecule has 1 fully saturated rings. The number of nitrogens with zero attached hydrogens (tertiary/aromatic N) is 1. The van der Waals surface area contributed by atoms with Gasteiger partial charge in [-0.2, -0.15) is 0 Å². The van der Waals surface area contributed by atoms with Crippen molar-refractivity contribution in [2.24, 2.45) is 5.92 Å². The highest BCUT2D eigenvalue weighted by Crippen LogP contribution is 2.32. The number of amides is 2. The molecular formula is C13H15NO2. The summed E-state index contributed by atoms with van der Waals surface area (Å²) in [5.74, 6) is -0.221. The molecule has 3 heteroatoms. The second-order valence-electron chi connectivity index (χ2n) is 4.30. The van der Waals surface area contributed by atoms with Gasteiger partial charge in [0, 0.05) is 13.5 Å². The SMILES string of the molecule is C[C@@H](c1ccccc1)[C@@H]1CC(=O)N(C)C1=O. The Morgan fingerprint density at radius 3 is 2.38 bits per heavy atom. The van der Waals surface area contributed by atoms with Gasteiger partial charge in [0.25, 0.3) is 0 Å². The molecule has 1 aliphatic heterocycles. The summed E-state index contributed by atoms with van der Waals surface area (Å²) < 4.78 is 0. The predicted molar refractivity (Wildman–Crippen MR) is 60.7 cm³/mol. The molecule has 0 aromatic heterocycles. The van der Waals surface area contributed by atoms with Gasteiger partial charge in [-0.1, -0.05) is 37.3 Å². The van der Waals surface area contributed by atoms with Gasteiger partial charge in [0.2, 0.25) is 11.8 Å². The first-order chi connectivity index (χ1) is 7.61. The average Bonchev–Trinajstić information content (AvgIpc) is 2.57. The number of imide groups is 1. The first-order valence-corrected chi connectivity index (χ1v) is 5.46. The molecule has 84 valence electrons. The normalized spacial score (nSPS) is 22.6. The fraction of sp³-hybridized carbons (Fsp3) is 0.385. The van der Waals surface area contributed by atoms with Crippen molar-refractivity contribution in [1.82, 2.24) is 4.90 Å². The van der Waals surface area contributed by atoms with Crippen molar-refractivity contribution >= 4 is 11.8 Å². The molecule has 0 unspecified atom stereocenters. The van der Waals surface area contributed by atoms with E-state index in [2.05, 4.69) is 0 Å². The minimum atomic E-state index is -0.195. The Balaban J connectivity index is 2.21. The third-order valence-corrected chi connectivity index (χ3v) is 3.35. The quantitative estimate of drug-likeness (QED) is 0.708. The van der Waals surface area contributed by atoms with Crippen LogP contribution in [0, 0.1) is 5.92 Å². The highest BCUT2D eigenvalue weighted by atomic mass is 16.2. The van der Waals surface area contributed by atoms with Crippen molar-refractivity contribution in [1.29, 1.82) is 0 Å². The van der Waals surface area contributed by atoms with Gasteiger partial charge in [0.1, 0.15) is 0 Å². The van der Waals surface area contributed by atoms with Gasteiger partial charge in [-0.3, -0.25) is 14.5 Å². The summed E-state index contributed by atoms with van der Waals surface area (Å²) in [5, 5.41) is 0. The number of rotatable bonds is 2. The molecule has 1 aromatic carbocycles. The van der Waals surface area contributed by atoms with E-state index in [1.54, 1.807) is 7.05 Å². The van der Waals surface area contributed by atoms with E-state index >= 15 is 0 Å². The summed E-state index contributed by atoms with van der Waals surface area (Å²) in [6.07, 6.45) is 0.339. The second kappa shape index (κ2) is 4.08. The van der Waals surface area contributed by atoms with Crippen molar-refractivity contribution in [3.05, 3.63) is 35.9 Å². The molecule has 1 aromatic rings. The van der Waals surface area contributed by atoms with E-state index in [1.165, 1.54) is 4.90 Å². The minimum Gasteiger partial charge on any atom is -0.285 e. The maximum absolute atomic E-state index is 11.8. The minimum absolute atomic E-state index is 0.0543. The summed E-state index contributed by atoms with van der Waals surface area (Å²) in [4.78, 5) is 24.5. The van der Waals surface area contributed by atoms with Gasteiger partial charge in [-0.05, 0) is 11.5 Å². The number of carbonyl (C=O) groups excluding carboxylic acids is 2. The lowest BCUT2D eigenvalue weighted by atomic mass is 9.86. The molecule has 0 saturated carbocycles. The molecule has 0 aliphatic carbocycles. The van der Waals surface area contributed by atoms with E-state index in [4.69, 9.17) is 0 Å². The zero-order valence-corrected chi connectivity index (χ0v) is 9.51. The average molecular weight is 217 g/mol. The molecule has 2 atom stereocenters. The van der Waals surface area contributed by atoms with Gasteiger partial charge >= 0.3 is 0 Å². The van der Waals surface area contributed by atoms with E-state index in [9.17, 15) is 9.59 Å². The first-order valence-electron chi connectivity index (χ1n) is 5.46. The largest absolute Gasteiger partial charge is 0.285 e. The first kappa shape index (κ1) is 10.9. The summed E-state index contributed by atoms with van der Waals surface area (Å²) in [6, 6.07) is 9.86. The van der Waals surface area contributed by atoms with Crippen LogP contribution in [0.5, 0.6) is 0 Å². The monoisotopic (exact) mass is 217 g/mol. The Bertz CT molecular complexity index is 413. The summed E-state index contributed by atoms with van der Waals surface area (Å²) >= 11 is 0. The topological polar surface area (TPSA) is 37.4 Å². The summed E-state index contributed by atoms with van der Waals surface area (Å²) in [7, 11) is 1.56. The van der Waals surface area contributed by atoms with Crippen LogP contribution in [0.3, 0.4) is 0 Å². The van der Waals surface area contributed by atoms with Crippen molar-refractivity contribution in [3.63, 3.8) is 0 Å². The number of benzene rings is 1. The van der Waals surface area contributed by atoms with E-state index in [0.29, 0.717) is 6.42 Å². The van der Waals surface area contributed by atoms with Crippen LogP contribution in [-0.2, 0) is 9.59 Å². The molecule has 1 aliphatic rings. The predicted octanol–water partition coefficient (Wildman–Crippen LogP) is 1.79. The van der Waals surface area contributed by atoms with E-state index in [-0.39, 0.29) is 23.7 Å². The standard InChI is InChI=1S/C13H15NO2/c1-9(10-6-4-3-5-7-10)11-8-12(15)14(2)13(11)16/h3-7,9,11H,8H2,1-2H3/t9-,11-/m0/s1. The van der Waals surface area contributed by atoms with E-state index < -0.39 is 0 Å². The van der Waals surface area contributed by atoms with Gasteiger partial charge in [-0.15, -0.1) is 0 Å². The van der Waals surface area contributed by atoms with Gasteiger partial charge in [0.05, 0.1) is 5.92 Å². The Hall–Kier alpha value is -1.64. The van der Waals surface area contributed by atoms with Crippen molar-refractivity contribution in [2.45, 2.75) is 19.3 Å². The lowest BCUT2D eigenvalue weighted by Gasteiger charge is -2.17. The molecule has 2 amide bonds. The van der Waals surface area contributed by atoms with E-state index in [0.717, 1.165) is 5.56 Å². The lowest BCUT2D eigenvalue weighted by molar-refractivity contribution is -0.137. The van der Waals surface area contributed by atoms with Crippen molar-refractivity contribution in [3.8, 4) is 0 Å². The van der Waals surface area contributed by atoms with Crippen LogP contribution in [0.25, 0.3) is 0 Å². The number of hydrogen-bond acceptors (Lipinski definition) is 2. The van der Waals surface area contributed by atoms with Crippen molar-refractivity contribution in [2.75, 3.05) is 7.05 Å². The summed E-state index contributed by atoms with van der Waals surface area (Å²) in [5.41, 5.74) is 1.11. The zero-order chi connectivity index (χ0) is 11.7. The summed E-state index contributed by atoms with van der Waals surface area (Å²) in [6.45, 7) is 2.00. The molecular weight excluding hydrogens is 202 g/mol. The van der Waals surface area contributed by atoms with E-state index in [1.807, 2.05) is 37.3 Å². The highest BCUT2D eigenvalue weighted by molar-refractivity contribution is 6.03. The van der Waals surface area contributed by atoms with Gasteiger partial charge < -0.3 is 0 Å². The molecule has 3 nitrogen and oxygen atoms in total. The fourth-order valence-electron chi connectivity index (χ4n) is 2.16. The van der Waals surface area contributed by atoms with Crippen LogP contribution in [-0.4, -0.2) is 23.8 Å².